The van der Waals surface area contributed by atoms with Crippen LogP contribution in [0.25, 0.3) is 0 Å². The maximum absolute atomic E-state index is 13.8. The Kier molecular flexibility index (Phi) is 5.82. The number of halogens is 2. The van der Waals surface area contributed by atoms with Crippen molar-refractivity contribution < 1.29 is 12.8 Å². The fourth-order valence-electron chi connectivity index (χ4n) is 2.78. The van der Waals surface area contributed by atoms with E-state index in [1.54, 1.807) is 26.1 Å². The van der Waals surface area contributed by atoms with Gasteiger partial charge in [0, 0.05) is 43.3 Å². The van der Waals surface area contributed by atoms with Crippen molar-refractivity contribution in [1.29, 1.82) is 0 Å². The Balaban J connectivity index is 1.96. The van der Waals surface area contributed by atoms with Gasteiger partial charge >= 0.3 is 0 Å². The number of sulfonamides is 1. The van der Waals surface area contributed by atoms with Gasteiger partial charge < -0.3 is 0 Å². The van der Waals surface area contributed by atoms with Crippen molar-refractivity contribution in [3.63, 3.8) is 0 Å². The fraction of sp³-hybridized carbons (Fsp3) is 0.600. The normalized spacial score (nSPS) is 18.0. The zero-order valence-electron chi connectivity index (χ0n) is 12.9. The standard InChI is InChI=1S/C15H22ClFN2O2S/c1-3-22(20,21)18(2)12-7-9-19(10-8-12)11-13-14(16)5-4-6-15(13)17/h4-6,12H,3,7-11H2,1-2H3. The molecule has 0 aromatic heterocycles. The predicted molar refractivity (Wildman–Crippen MR) is 86.9 cm³/mol. The molecule has 0 radical (unpaired) electrons. The lowest BCUT2D eigenvalue weighted by Gasteiger charge is -2.36. The lowest BCUT2D eigenvalue weighted by atomic mass is 10.0. The molecule has 1 heterocycles. The molecule has 0 amide bonds. The summed E-state index contributed by atoms with van der Waals surface area (Å²) in [5, 5.41) is 0.438. The Morgan fingerprint density at radius 1 is 1.36 bits per heavy atom. The van der Waals surface area contributed by atoms with E-state index in [-0.39, 0.29) is 17.6 Å². The zero-order chi connectivity index (χ0) is 16.3. The van der Waals surface area contributed by atoms with Gasteiger partial charge in [0.05, 0.1) is 5.75 Å². The topological polar surface area (TPSA) is 40.6 Å². The molecule has 1 aliphatic heterocycles. The molecule has 124 valence electrons. The third kappa shape index (κ3) is 3.98. The van der Waals surface area contributed by atoms with Gasteiger partial charge in [-0.25, -0.2) is 17.1 Å². The van der Waals surface area contributed by atoms with Gasteiger partial charge in [0.1, 0.15) is 5.82 Å². The van der Waals surface area contributed by atoms with Crippen molar-refractivity contribution in [3.05, 3.63) is 34.6 Å². The summed E-state index contributed by atoms with van der Waals surface area (Å²) in [6.07, 6.45) is 1.50. The molecule has 1 aliphatic rings. The molecular formula is C15H22ClFN2O2S. The first kappa shape index (κ1) is 17.7. The molecule has 0 N–H and O–H groups in total. The van der Waals surface area contributed by atoms with Crippen LogP contribution < -0.4 is 0 Å². The van der Waals surface area contributed by atoms with Crippen LogP contribution in [-0.4, -0.2) is 49.6 Å². The Morgan fingerprint density at radius 3 is 2.55 bits per heavy atom. The maximum Gasteiger partial charge on any atom is 0.213 e. The van der Waals surface area contributed by atoms with Gasteiger partial charge in [0.2, 0.25) is 10.0 Å². The van der Waals surface area contributed by atoms with E-state index in [0.29, 0.717) is 17.1 Å². The van der Waals surface area contributed by atoms with E-state index < -0.39 is 10.0 Å². The number of likely N-dealkylation sites (tertiary alicyclic amines) is 1. The van der Waals surface area contributed by atoms with E-state index >= 15 is 0 Å². The van der Waals surface area contributed by atoms with E-state index in [1.807, 2.05) is 0 Å². The van der Waals surface area contributed by atoms with Crippen molar-refractivity contribution in [3.8, 4) is 0 Å². The van der Waals surface area contributed by atoms with Gasteiger partial charge in [0.15, 0.2) is 0 Å². The van der Waals surface area contributed by atoms with Crippen LogP contribution in [0.15, 0.2) is 18.2 Å². The molecule has 0 aliphatic carbocycles. The van der Waals surface area contributed by atoms with Crippen LogP contribution >= 0.6 is 11.6 Å². The van der Waals surface area contributed by atoms with Crippen molar-refractivity contribution in [2.24, 2.45) is 0 Å². The molecular weight excluding hydrogens is 327 g/mol. The molecule has 0 unspecified atom stereocenters. The van der Waals surface area contributed by atoms with E-state index in [9.17, 15) is 12.8 Å². The van der Waals surface area contributed by atoms with Crippen LogP contribution in [0.5, 0.6) is 0 Å². The minimum Gasteiger partial charge on any atom is -0.299 e. The number of hydrogen-bond acceptors (Lipinski definition) is 3. The first-order valence-electron chi connectivity index (χ1n) is 7.46. The molecule has 1 aromatic rings. The van der Waals surface area contributed by atoms with Crippen LogP contribution in [0, 0.1) is 5.82 Å². The second kappa shape index (κ2) is 7.25. The summed E-state index contributed by atoms with van der Waals surface area (Å²) in [6.45, 7) is 3.58. The number of piperidine rings is 1. The van der Waals surface area contributed by atoms with E-state index in [2.05, 4.69) is 4.90 Å². The lowest BCUT2D eigenvalue weighted by Crippen LogP contribution is -2.45. The molecule has 1 saturated heterocycles. The van der Waals surface area contributed by atoms with Crippen LogP contribution in [0.2, 0.25) is 5.02 Å². The second-order valence-electron chi connectivity index (χ2n) is 5.62. The van der Waals surface area contributed by atoms with Gasteiger partial charge in [-0.15, -0.1) is 0 Å². The van der Waals surface area contributed by atoms with Crippen LogP contribution in [0.4, 0.5) is 4.39 Å². The molecule has 0 atom stereocenters. The molecule has 0 saturated carbocycles. The summed E-state index contributed by atoms with van der Waals surface area (Å²) >= 11 is 6.05. The highest BCUT2D eigenvalue weighted by Crippen LogP contribution is 2.24. The quantitative estimate of drug-likeness (QED) is 0.821. The SMILES string of the molecule is CCS(=O)(=O)N(C)C1CCN(Cc2c(F)cccc2Cl)CC1. The summed E-state index contributed by atoms with van der Waals surface area (Å²) < 4.78 is 39.1. The van der Waals surface area contributed by atoms with Gasteiger partial charge in [-0.2, -0.15) is 0 Å². The second-order valence-corrected chi connectivity index (χ2v) is 8.35. The number of hydrogen-bond donors (Lipinski definition) is 0. The smallest absolute Gasteiger partial charge is 0.213 e. The molecule has 0 bridgehead atoms. The van der Waals surface area contributed by atoms with Crippen molar-refractivity contribution in [2.45, 2.75) is 32.4 Å². The zero-order valence-corrected chi connectivity index (χ0v) is 14.5. The highest BCUT2D eigenvalue weighted by atomic mass is 35.5. The monoisotopic (exact) mass is 348 g/mol. The lowest BCUT2D eigenvalue weighted by molar-refractivity contribution is 0.162. The van der Waals surface area contributed by atoms with Gasteiger partial charge in [-0.1, -0.05) is 17.7 Å². The van der Waals surface area contributed by atoms with E-state index in [1.165, 1.54) is 10.4 Å². The summed E-state index contributed by atoms with van der Waals surface area (Å²) in [6, 6.07) is 4.72. The highest BCUT2D eigenvalue weighted by Gasteiger charge is 2.28. The maximum atomic E-state index is 13.8. The van der Waals surface area contributed by atoms with Crippen molar-refractivity contribution >= 4 is 21.6 Å². The third-order valence-corrected chi connectivity index (χ3v) is 6.58. The highest BCUT2D eigenvalue weighted by molar-refractivity contribution is 7.89. The Bertz CT molecular complexity index is 596. The fourth-order valence-corrected chi connectivity index (χ4v) is 4.07. The van der Waals surface area contributed by atoms with Crippen LogP contribution in [0.3, 0.4) is 0 Å². The third-order valence-electron chi connectivity index (χ3n) is 4.32. The summed E-state index contributed by atoms with van der Waals surface area (Å²) in [4.78, 5) is 2.12. The summed E-state index contributed by atoms with van der Waals surface area (Å²) in [5.74, 6) is -0.172. The van der Waals surface area contributed by atoms with Crippen LogP contribution in [0.1, 0.15) is 25.3 Å². The van der Waals surface area contributed by atoms with E-state index in [0.717, 1.165) is 25.9 Å². The predicted octanol–water partition coefficient (Wildman–Crippen LogP) is 2.73. The van der Waals surface area contributed by atoms with Crippen molar-refractivity contribution in [2.75, 3.05) is 25.9 Å². The number of nitrogens with zero attached hydrogens (tertiary/aromatic N) is 2. The molecule has 1 fully saturated rings. The first-order valence-corrected chi connectivity index (χ1v) is 9.44. The first-order chi connectivity index (χ1) is 10.3. The minimum absolute atomic E-state index is 0.0253. The Morgan fingerprint density at radius 2 is 2.00 bits per heavy atom. The average molecular weight is 349 g/mol. The van der Waals surface area contributed by atoms with E-state index in [4.69, 9.17) is 11.6 Å². The Hall–Kier alpha value is -0.690. The molecule has 1 aromatic carbocycles. The van der Waals surface area contributed by atoms with Gasteiger partial charge in [-0.3, -0.25) is 4.90 Å². The molecule has 2 rings (SSSR count). The average Bonchev–Trinajstić information content (AvgIpc) is 2.51. The summed E-state index contributed by atoms with van der Waals surface area (Å²) in [5.41, 5.74) is 0.511. The van der Waals surface area contributed by atoms with Gasteiger partial charge in [-0.05, 0) is 31.9 Å². The van der Waals surface area contributed by atoms with Gasteiger partial charge in [0.25, 0.3) is 0 Å². The number of benzene rings is 1. The molecule has 0 spiro atoms. The molecule has 7 heteroatoms. The Labute approximate surface area is 136 Å². The minimum atomic E-state index is -3.15. The molecule has 4 nitrogen and oxygen atoms in total. The largest absolute Gasteiger partial charge is 0.299 e. The number of rotatable bonds is 5. The summed E-state index contributed by atoms with van der Waals surface area (Å²) in [7, 11) is -1.51. The van der Waals surface area contributed by atoms with Crippen LogP contribution in [-0.2, 0) is 16.6 Å². The molecule has 22 heavy (non-hydrogen) atoms. The van der Waals surface area contributed by atoms with Crippen molar-refractivity contribution in [1.82, 2.24) is 9.21 Å².